The molecule has 0 saturated heterocycles. The van der Waals surface area contributed by atoms with Crippen LogP contribution in [0.5, 0.6) is 5.75 Å². The lowest BCUT2D eigenvalue weighted by Gasteiger charge is -2.24. The average Bonchev–Trinajstić information content (AvgIpc) is 2.79. The minimum Gasteiger partial charge on any atom is -0.497 e. The van der Waals surface area contributed by atoms with Gasteiger partial charge in [-0.15, -0.1) is 0 Å². The molecule has 0 fully saturated rings. The number of hydrogen-bond donors (Lipinski definition) is 1. The van der Waals surface area contributed by atoms with Crippen molar-refractivity contribution < 1.29 is 4.74 Å². The first-order valence-corrected chi connectivity index (χ1v) is 9.84. The molecule has 0 amide bonds. The summed E-state index contributed by atoms with van der Waals surface area (Å²) in [6.07, 6.45) is 0. The Morgan fingerprint density at radius 2 is 1.50 bits per heavy atom. The van der Waals surface area contributed by atoms with E-state index in [1.807, 2.05) is 73.7 Å². The fourth-order valence-corrected chi connectivity index (χ4v) is 3.21. The molecule has 1 aromatic heterocycles. The Morgan fingerprint density at radius 3 is 2.17 bits per heavy atom. The molecule has 1 N–H and O–H groups in total. The number of hydrogen-bond acceptors (Lipinski definition) is 5. The van der Waals surface area contributed by atoms with Crippen molar-refractivity contribution in [3.63, 3.8) is 0 Å². The highest BCUT2D eigenvalue weighted by Crippen LogP contribution is 2.27. The quantitative estimate of drug-likeness (QED) is 0.423. The van der Waals surface area contributed by atoms with Gasteiger partial charge in [0.2, 0.25) is 5.95 Å². The maximum absolute atomic E-state index is 5.23. The average molecular weight is 396 g/mol. The highest BCUT2D eigenvalue weighted by Gasteiger charge is 2.15. The van der Waals surface area contributed by atoms with Crippen molar-refractivity contribution >= 4 is 23.1 Å². The van der Waals surface area contributed by atoms with E-state index in [1.54, 1.807) is 7.11 Å². The summed E-state index contributed by atoms with van der Waals surface area (Å²) < 4.78 is 5.23. The monoisotopic (exact) mass is 396 g/mol. The molecule has 5 heteroatoms. The summed E-state index contributed by atoms with van der Waals surface area (Å²) >= 11 is 0. The predicted molar refractivity (Wildman–Crippen MR) is 122 cm³/mol. The molecule has 0 aliphatic heterocycles. The topological polar surface area (TPSA) is 50.3 Å². The van der Waals surface area contributed by atoms with E-state index in [-0.39, 0.29) is 0 Å². The number of rotatable bonds is 7. The molecule has 0 aliphatic rings. The molecule has 30 heavy (non-hydrogen) atoms. The summed E-state index contributed by atoms with van der Waals surface area (Å²) in [6.45, 7) is 2.66. The molecule has 0 unspecified atom stereocenters. The molecular weight excluding hydrogens is 372 g/mol. The van der Waals surface area contributed by atoms with Crippen molar-refractivity contribution in [2.75, 3.05) is 17.3 Å². The van der Waals surface area contributed by atoms with Crippen LogP contribution in [0, 0.1) is 6.92 Å². The van der Waals surface area contributed by atoms with Crippen molar-refractivity contribution in [1.29, 1.82) is 0 Å². The van der Waals surface area contributed by atoms with Gasteiger partial charge in [-0.1, -0.05) is 48.5 Å². The fourth-order valence-electron chi connectivity index (χ4n) is 3.21. The van der Waals surface area contributed by atoms with Crippen LogP contribution in [0.15, 0.2) is 91.0 Å². The predicted octanol–water partition coefficient (Wildman–Crippen LogP) is 5.88. The standard InChI is InChI=1S/C25H24N4O/c1-19-17-24(27-21-13-15-23(30-2)16-14-21)28-25(26-19)29(22-11-7-4-8-12-22)18-20-9-5-3-6-10-20/h3-17H,18H2,1-2H3,(H,26,27,28). The SMILES string of the molecule is COc1ccc(Nc2cc(C)nc(N(Cc3ccccc3)c3ccccc3)n2)cc1. The second kappa shape index (κ2) is 9.09. The van der Waals surface area contributed by atoms with Crippen molar-refractivity contribution in [2.45, 2.75) is 13.5 Å². The van der Waals surface area contributed by atoms with Gasteiger partial charge in [-0.05, 0) is 48.9 Å². The van der Waals surface area contributed by atoms with Crippen molar-refractivity contribution in [1.82, 2.24) is 9.97 Å². The van der Waals surface area contributed by atoms with Gasteiger partial charge in [-0.25, -0.2) is 4.98 Å². The van der Waals surface area contributed by atoms with Crippen LogP contribution in [0.25, 0.3) is 0 Å². The Bertz CT molecular complexity index is 1080. The van der Waals surface area contributed by atoms with E-state index in [1.165, 1.54) is 5.56 Å². The van der Waals surface area contributed by atoms with Gasteiger partial charge in [0.1, 0.15) is 11.6 Å². The smallest absolute Gasteiger partial charge is 0.232 e. The van der Waals surface area contributed by atoms with Crippen LogP contribution in [0.1, 0.15) is 11.3 Å². The number of aryl methyl sites for hydroxylation is 1. The number of nitrogens with zero attached hydrogens (tertiary/aromatic N) is 3. The number of nitrogens with one attached hydrogen (secondary N) is 1. The number of aromatic nitrogens is 2. The fraction of sp³-hybridized carbons (Fsp3) is 0.120. The lowest BCUT2D eigenvalue weighted by molar-refractivity contribution is 0.415. The zero-order chi connectivity index (χ0) is 20.8. The van der Waals surface area contributed by atoms with E-state index in [9.17, 15) is 0 Å². The van der Waals surface area contributed by atoms with Crippen LogP contribution in [0.2, 0.25) is 0 Å². The zero-order valence-electron chi connectivity index (χ0n) is 17.1. The molecule has 0 aliphatic carbocycles. The number of ether oxygens (including phenoxy) is 1. The van der Waals surface area contributed by atoms with E-state index in [4.69, 9.17) is 14.7 Å². The summed E-state index contributed by atoms with van der Waals surface area (Å²) in [7, 11) is 1.66. The van der Waals surface area contributed by atoms with Gasteiger partial charge in [-0.3, -0.25) is 0 Å². The largest absolute Gasteiger partial charge is 0.497 e. The van der Waals surface area contributed by atoms with Crippen LogP contribution in [0.4, 0.5) is 23.1 Å². The molecule has 150 valence electrons. The van der Waals surface area contributed by atoms with Crippen molar-refractivity contribution in [2.24, 2.45) is 0 Å². The van der Waals surface area contributed by atoms with Gasteiger partial charge in [-0.2, -0.15) is 4.98 Å². The molecule has 0 saturated carbocycles. The number of anilines is 4. The lowest BCUT2D eigenvalue weighted by atomic mass is 10.2. The minimum absolute atomic E-state index is 0.654. The van der Waals surface area contributed by atoms with Gasteiger partial charge in [0.05, 0.1) is 13.7 Å². The van der Waals surface area contributed by atoms with E-state index in [0.29, 0.717) is 12.5 Å². The lowest BCUT2D eigenvalue weighted by Crippen LogP contribution is -2.19. The molecule has 3 aromatic carbocycles. The summed E-state index contributed by atoms with van der Waals surface area (Å²) in [5.74, 6) is 2.22. The van der Waals surface area contributed by atoms with Crippen molar-refractivity contribution in [3.05, 3.63) is 102 Å². The molecule has 1 heterocycles. The first-order chi connectivity index (χ1) is 14.7. The third-order valence-electron chi connectivity index (χ3n) is 4.70. The first kappa shape index (κ1) is 19.5. The molecule has 0 radical (unpaired) electrons. The summed E-state index contributed by atoms with van der Waals surface area (Å²) in [5, 5.41) is 3.37. The van der Waals surface area contributed by atoms with E-state index < -0.39 is 0 Å². The van der Waals surface area contributed by atoms with Crippen LogP contribution in [-0.2, 0) is 6.54 Å². The highest BCUT2D eigenvalue weighted by molar-refractivity contribution is 5.62. The zero-order valence-corrected chi connectivity index (χ0v) is 17.1. The van der Waals surface area contributed by atoms with E-state index in [0.717, 1.165) is 28.6 Å². The molecule has 4 rings (SSSR count). The number of methoxy groups -OCH3 is 1. The van der Waals surface area contributed by atoms with Gasteiger partial charge in [0.25, 0.3) is 0 Å². The molecular formula is C25H24N4O. The minimum atomic E-state index is 0.654. The summed E-state index contributed by atoms with van der Waals surface area (Å²) in [5.41, 5.74) is 4.07. The van der Waals surface area contributed by atoms with E-state index >= 15 is 0 Å². The van der Waals surface area contributed by atoms with Gasteiger partial charge >= 0.3 is 0 Å². The second-order valence-corrected chi connectivity index (χ2v) is 6.96. The highest BCUT2D eigenvalue weighted by atomic mass is 16.5. The third-order valence-corrected chi connectivity index (χ3v) is 4.70. The Morgan fingerprint density at radius 1 is 0.833 bits per heavy atom. The Kier molecular flexibility index (Phi) is 5.90. The second-order valence-electron chi connectivity index (χ2n) is 6.96. The maximum atomic E-state index is 5.23. The molecule has 0 atom stereocenters. The van der Waals surface area contributed by atoms with Gasteiger partial charge in [0, 0.05) is 23.1 Å². The van der Waals surface area contributed by atoms with Crippen molar-refractivity contribution in [3.8, 4) is 5.75 Å². The molecule has 0 spiro atoms. The van der Waals surface area contributed by atoms with Crippen LogP contribution >= 0.6 is 0 Å². The number of para-hydroxylation sites is 1. The Hall–Kier alpha value is -3.86. The first-order valence-electron chi connectivity index (χ1n) is 9.84. The molecule has 5 nitrogen and oxygen atoms in total. The van der Waals surface area contributed by atoms with Crippen LogP contribution in [-0.4, -0.2) is 17.1 Å². The van der Waals surface area contributed by atoms with Crippen LogP contribution < -0.4 is 15.0 Å². The number of benzene rings is 3. The Labute approximate surface area is 177 Å². The van der Waals surface area contributed by atoms with Gasteiger partial charge in [0.15, 0.2) is 0 Å². The normalized spacial score (nSPS) is 10.5. The molecule has 0 bridgehead atoms. The van der Waals surface area contributed by atoms with E-state index in [2.05, 4.69) is 34.5 Å². The van der Waals surface area contributed by atoms with Crippen LogP contribution in [0.3, 0.4) is 0 Å². The Balaban J connectivity index is 1.67. The summed E-state index contributed by atoms with van der Waals surface area (Å²) in [4.78, 5) is 11.7. The summed E-state index contributed by atoms with van der Waals surface area (Å²) in [6, 6.07) is 30.3. The third kappa shape index (κ3) is 4.75. The maximum Gasteiger partial charge on any atom is 0.232 e. The molecule has 4 aromatic rings. The van der Waals surface area contributed by atoms with Gasteiger partial charge < -0.3 is 15.0 Å².